The first-order valence-corrected chi connectivity index (χ1v) is 6.14. The van der Waals surface area contributed by atoms with Gasteiger partial charge in [0.15, 0.2) is 0 Å². The van der Waals surface area contributed by atoms with E-state index < -0.39 is 0 Å². The number of hydrogen-bond donors (Lipinski definition) is 1. The van der Waals surface area contributed by atoms with Crippen LogP contribution in [0.15, 0.2) is 47.4 Å². The summed E-state index contributed by atoms with van der Waals surface area (Å²) in [5, 5.41) is 0. The highest BCUT2D eigenvalue weighted by atomic mass is 32.2. The van der Waals surface area contributed by atoms with Gasteiger partial charge in [-0.2, -0.15) is 0 Å². The number of pyridine rings is 1. The summed E-state index contributed by atoms with van der Waals surface area (Å²) in [5.41, 5.74) is 8.85. The van der Waals surface area contributed by atoms with E-state index in [0.29, 0.717) is 0 Å². The highest BCUT2D eigenvalue weighted by molar-refractivity contribution is 7.98. The predicted octanol–water partition coefficient (Wildman–Crippen LogP) is 3.26. The lowest BCUT2D eigenvalue weighted by atomic mass is 10.3. The maximum absolute atomic E-state index is 5.87. The standard InChI is InChI=1S/C13H14N2S/c1-10-5-4-6-11(15-10)9-16-13-8-3-2-7-12(13)14/h2-8H,9,14H2,1H3. The molecule has 1 heterocycles. The van der Waals surface area contributed by atoms with E-state index in [0.717, 1.165) is 27.7 Å². The van der Waals surface area contributed by atoms with Crippen LogP contribution in [-0.2, 0) is 5.75 Å². The van der Waals surface area contributed by atoms with Crippen molar-refractivity contribution in [3.8, 4) is 0 Å². The van der Waals surface area contributed by atoms with Crippen LogP contribution in [0.4, 0.5) is 5.69 Å². The van der Waals surface area contributed by atoms with Crippen molar-refractivity contribution in [1.82, 2.24) is 4.98 Å². The molecule has 2 N–H and O–H groups in total. The van der Waals surface area contributed by atoms with E-state index in [1.165, 1.54) is 0 Å². The molecule has 0 atom stereocenters. The van der Waals surface area contributed by atoms with Crippen LogP contribution in [0, 0.1) is 6.92 Å². The monoisotopic (exact) mass is 230 g/mol. The molecule has 3 heteroatoms. The van der Waals surface area contributed by atoms with Gasteiger partial charge in [-0.25, -0.2) is 0 Å². The number of rotatable bonds is 3. The van der Waals surface area contributed by atoms with Gasteiger partial charge in [0.05, 0.1) is 5.69 Å². The lowest BCUT2D eigenvalue weighted by Gasteiger charge is -2.04. The molecule has 0 unspecified atom stereocenters. The molecular formula is C13H14N2S. The van der Waals surface area contributed by atoms with Gasteiger partial charge in [0.25, 0.3) is 0 Å². The normalized spacial score (nSPS) is 10.3. The van der Waals surface area contributed by atoms with Gasteiger partial charge in [0, 0.05) is 22.0 Å². The molecular weight excluding hydrogens is 216 g/mol. The second-order valence-corrected chi connectivity index (χ2v) is 4.61. The SMILES string of the molecule is Cc1cccc(CSc2ccccc2N)n1. The van der Waals surface area contributed by atoms with Crippen molar-refractivity contribution >= 4 is 17.4 Å². The van der Waals surface area contributed by atoms with Gasteiger partial charge in [0.1, 0.15) is 0 Å². The minimum absolute atomic E-state index is 0.833. The molecule has 0 aliphatic rings. The van der Waals surface area contributed by atoms with Gasteiger partial charge in [-0.1, -0.05) is 18.2 Å². The van der Waals surface area contributed by atoms with Crippen LogP contribution in [0.3, 0.4) is 0 Å². The van der Waals surface area contributed by atoms with Crippen LogP contribution >= 0.6 is 11.8 Å². The van der Waals surface area contributed by atoms with Gasteiger partial charge in [-0.05, 0) is 31.2 Å². The topological polar surface area (TPSA) is 38.9 Å². The van der Waals surface area contributed by atoms with Crippen molar-refractivity contribution in [2.75, 3.05) is 5.73 Å². The Morgan fingerprint density at radius 2 is 1.94 bits per heavy atom. The second kappa shape index (κ2) is 5.03. The lowest BCUT2D eigenvalue weighted by Crippen LogP contribution is -1.91. The van der Waals surface area contributed by atoms with E-state index in [1.54, 1.807) is 11.8 Å². The highest BCUT2D eigenvalue weighted by Crippen LogP contribution is 2.26. The Morgan fingerprint density at radius 1 is 1.12 bits per heavy atom. The summed E-state index contributed by atoms with van der Waals surface area (Å²) in [6.45, 7) is 2.01. The van der Waals surface area contributed by atoms with Crippen molar-refractivity contribution in [3.05, 3.63) is 53.9 Å². The first kappa shape index (κ1) is 11.0. The molecule has 2 rings (SSSR count). The molecule has 0 saturated carbocycles. The number of benzene rings is 1. The first-order valence-electron chi connectivity index (χ1n) is 5.15. The van der Waals surface area contributed by atoms with Gasteiger partial charge in [-0.15, -0.1) is 11.8 Å². The molecule has 2 nitrogen and oxygen atoms in total. The summed E-state index contributed by atoms with van der Waals surface area (Å²) in [6.07, 6.45) is 0. The summed E-state index contributed by atoms with van der Waals surface area (Å²) in [4.78, 5) is 5.57. The summed E-state index contributed by atoms with van der Waals surface area (Å²) in [6, 6.07) is 14.0. The Kier molecular flexibility index (Phi) is 3.47. The van der Waals surface area contributed by atoms with E-state index in [4.69, 9.17) is 5.73 Å². The molecule has 1 aromatic heterocycles. The molecule has 0 fully saturated rings. The number of thioether (sulfide) groups is 1. The number of para-hydroxylation sites is 1. The van der Waals surface area contributed by atoms with E-state index in [2.05, 4.69) is 4.98 Å². The smallest absolute Gasteiger partial charge is 0.0509 e. The predicted molar refractivity (Wildman–Crippen MR) is 69.4 cm³/mol. The van der Waals surface area contributed by atoms with E-state index in [9.17, 15) is 0 Å². The molecule has 0 bridgehead atoms. The molecule has 0 aliphatic carbocycles. The van der Waals surface area contributed by atoms with Crippen LogP contribution in [0.2, 0.25) is 0 Å². The third kappa shape index (κ3) is 2.76. The molecule has 0 radical (unpaired) electrons. The third-order valence-corrected chi connectivity index (χ3v) is 3.36. The van der Waals surface area contributed by atoms with Crippen LogP contribution in [0.25, 0.3) is 0 Å². The quantitative estimate of drug-likeness (QED) is 0.649. The van der Waals surface area contributed by atoms with Crippen molar-refractivity contribution in [3.63, 3.8) is 0 Å². The van der Waals surface area contributed by atoms with Gasteiger partial charge in [0.2, 0.25) is 0 Å². The molecule has 0 aliphatic heterocycles. The number of aromatic nitrogens is 1. The largest absolute Gasteiger partial charge is 0.398 e. The molecule has 0 spiro atoms. The summed E-state index contributed by atoms with van der Waals surface area (Å²) in [7, 11) is 0. The van der Waals surface area contributed by atoms with Crippen LogP contribution in [-0.4, -0.2) is 4.98 Å². The zero-order valence-electron chi connectivity index (χ0n) is 9.18. The average Bonchev–Trinajstić information content (AvgIpc) is 2.28. The Hall–Kier alpha value is -1.48. The van der Waals surface area contributed by atoms with E-state index >= 15 is 0 Å². The number of aryl methyl sites for hydroxylation is 1. The maximum Gasteiger partial charge on any atom is 0.0509 e. The van der Waals surface area contributed by atoms with E-state index in [1.807, 2.05) is 49.4 Å². The fraction of sp³-hybridized carbons (Fsp3) is 0.154. The van der Waals surface area contributed by atoms with Crippen molar-refractivity contribution in [2.45, 2.75) is 17.6 Å². The fourth-order valence-corrected chi connectivity index (χ4v) is 2.32. The first-order chi connectivity index (χ1) is 7.75. The van der Waals surface area contributed by atoms with Crippen molar-refractivity contribution < 1.29 is 0 Å². The Bertz CT molecular complexity index is 483. The van der Waals surface area contributed by atoms with E-state index in [-0.39, 0.29) is 0 Å². The summed E-state index contributed by atoms with van der Waals surface area (Å²) >= 11 is 1.72. The third-order valence-electron chi connectivity index (χ3n) is 2.24. The summed E-state index contributed by atoms with van der Waals surface area (Å²) in [5.74, 6) is 0.857. The maximum atomic E-state index is 5.87. The average molecular weight is 230 g/mol. The zero-order valence-corrected chi connectivity index (χ0v) is 10.00. The molecule has 0 amide bonds. The molecule has 1 aromatic carbocycles. The van der Waals surface area contributed by atoms with Crippen LogP contribution < -0.4 is 5.73 Å². The fourth-order valence-electron chi connectivity index (χ4n) is 1.44. The minimum atomic E-state index is 0.833. The Morgan fingerprint density at radius 3 is 2.69 bits per heavy atom. The Balaban J connectivity index is 2.05. The minimum Gasteiger partial charge on any atom is -0.398 e. The highest BCUT2D eigenvalue weighted by Gasteiger charge is 2.00. The van der Waals surface area contributed by atoms with Crippen LogP contribution in [0.1, 0.15) is 11.4 Å². The number of nitrogens with two attached hydrogens (primary N) is 1. The molecule has 0 saturated heterocycles. The lowest BCUT2D eigenvalue weighted by molar-refractivity contribution is 1.11. The number of hydrogen-bond acceptors (Lipinski definition) is 3. The van der Waals surface area contributed by atoms with Gasteiger partial charge < -0.3 is 5.73 Å². The van der Waals surface area contributed by atoms with Gasteiger partial charge >= 0.3 is 0 Å². The number of nitrogen functional groups attached to an aromatic ring is 1. The molecule has 16 heavy (non-hydrogen) atoms. The van der Waals surface area contributed by atoms with Crippen molar-refractivity contribution in [2.24, 2.45) is 0 Å². The Labute approximate surface area is 99.9 Å². The number of anilines is 1. The van der Waals surface area contributed by atoms with Crippen LogP contribution in [0.5, 0.6) is 0 Å². The second-order valence-electron chi connectivity index (χ2n) is 3.60. The number of nitrogens with zero attached hydrogens (tertiary/aromatic N) is 1. The van der Waals surface area contributed by atoms with Crippen molar-refractivity contribution in [1.29, 1.82) is 0 Å². The summed E-state index contributed by atoms with van der Waals surface area (Å²) < 4.78 is 0. The molecule has 2 aromatic rings. The molecule has 82 valence electrons. The zero-order chi connectivity index (χ0) is 11.4. The van der Waals surface area contributed by atoms with Gasteiger partial charge in [-0.3, -0.25) is 4.98 Å².